The van der Waals surface area contributed by atoms with Gasteiger partial charge in [-0.3, -0.25) is 9.59 Å². The molecule has 6 heteroatoms. The zero-order valence-corrected chi connectivity index (χ0v) is 15.3. The van der Waals surface area contributed by atoms with Crippen LogP contribution in [0.4, 0.5) is 5.13 Å². The molecule has 2 amide bonds. The van der Waals surface area contributed by atoms with Crippen molar-refractivity contribution in [3.05, 3.63) is 34.7 Å². The molecule has 1 saturated heterocycles. The van der Waals surface area contributed by atoms with Gasteiger partial charge in [0.05, 0.1) is 11.6 Å². The highest BCUT2D eigenvalue weighted by Crippen LogP contribution is 2.34. The number of carbonyl (C=O) groups excluding carboxylic acids is 2. The zero-order chi connectivity index (χ0) is 17.7. The van der Waals surface area contributed by atoms with Gasteiger partial charge in [0.2, 0.25) is 11.8 Å². The van der Waals surface area contributed by atoms with Gasteiger partial charge in [-0.25, -0.2) is 4.98 Å². The van der Waals surface area contributed by atoms with Crippen LogP contribution in [-0.2, 0) is 22.4 Å². The maximum absolute atomic E-state index is 12.5. The Morgan fingerprint density at radius 3 is 2.92 bits per heavy atom. The number of hydrogen-bond acceptors (Lipinski definition) is 4. The number of carbonyl (C=O) groups is 2. The van der Waals surface area contributed by atoms with Crippen LogP contribution in [0.5, 0.6) is 0 Å². The fraction of sp³-hybridized carbons (Fsp3) is 0.450. The Kier molecular flexibility index (Phi) is 3.81. The Balaban J connectivity index is 1.27. The number of likely N-dealkylation sites (tertiary alicyclic amines) is 1. The number of aromatic nitrogens is 1. The van der Waals surface area contributed by atoms with E-state index in [9.17, 15) is 9.59 Å². The van der Waals surface area contributed by atoms with E-state index in [1.165, 1.54) is 35.3 Å². The Hall–Kier alpha value is -2.21. The van der Waals surface area contributed by atoms with Gasteiger partial charge in [-0.2, -0.15) is 0 Å². The molecular weight excluding hydrogens is 346 g/mol. The average molecular weight is 367 g/mol. The first-order valence-corrected chi connectivity index (χ1v) is 10.2. The van der Waals surface area contributed by atoms with Gasteiger partial charge in [-0.1, -0.05) is 12.1 Å². The van der Waals surface area contributed by atoms with Crippen molar-refractivity contribution in [1.82, 2.24) is 9.88 Å². The molecule has 5 nitrogen and oxygen atoms in total. The van der Waals surface area contributed by atoms with E-state index in [0.29, 0.717) is 24.1 Å². The lowest BCUT2D eigenvalue weighted by molar-refractivity contribution is -0.128. The van der Waals surface area contributed by atoms with E-state index in [2.05, 4.69) is 28.5 Å². The fourth-order valence-corrected chi connectivity index (χ4v) is 4.77. The van der Waals surface area contributed by atoms with Crippen molar-refractivity contribution in [3.63, 3.8) is 0 Å². The van der Waals surface area contributed by atoms with Gasteiger partial charge in [-0.05, 0) is 49.3 Å². The highest BCUT2D eigenvalue weighted by Gasteiger charge is 2.41. The molecule has 1 atom stereocenters. The number of rotatable bonds is 4. The van der Waals surface area contributed by atoms with Crippen molar-refractivity contribution in [2.75, 3.05) is 11.9 Å². The van der Waals surface area contributed by atoms with Gasteiger partial charge < -0.3 is 10.2 Å². The summed E-state index contributed by atoms with van der Waals surface area (Å²) in [5, 5.41) is 5.52. The van der Waals surface area contributed by atoms with Crippen molar-refractivity contribution in [1.29, 1.82) is 0 Å². The third-order valence-electron chi connectivity index (χ3n) is 5.65. The number of anilines is 1. The van der Waals surface area contributed by atoms with E-state index >= 15 is 0 Å². The molecule has 1 aromatic heterocycles. The number of amides is 2. The topological polar surface area (TPSA) is 62.3 Å². The second-order valence-corrected chi connectivity index (χ2v) is 8.40. The minimum absolute atomic E-state index is 0.0867. The van der Waals surface area contributed by atoms with Gasteiger partial charge in [0, 0.05) is 30.0 Å². The molecule has 1 aliphatic heterocycles. The number of thiazole rings is 1. The second kappa shape index (κ2) is 6.20. The van der Waals surface area contributed by atoms with Crippen LogP contribution >= 0.6 is 11.3 Å². The smallest absolute Gasteiger partial charge is 0.231 e. The van der Waals surface area contributed by atoms with Crippen molar-refractivity contribution in [2.24, 2.45) is 5.92 Å². The van der Waals surface area contributed by atoms with E-state index in [-0.39, 0.29) is 17.7 Å². The van der Waals surface area contributed by atoms with Crippen LogP contribution in [0.15, 0.2) is 23.6 Å². The molecule has 2 heterocycles. The summed E-state index contributed by atoms with van der Waals surface area (Å²) in [4.78, 5) is 31.0. The third-order valence-corrected chi connectivity index (χ3v) is 6.40. The summed E-state index contributed by atoms with van der Waals surface area (Å²) in [7, 11) is 0. The first kappa shape index (κ1) is 16.0. The number of nitrogens with zero attached hydrogens (tertiary/aromatic N) is 2. The maximum Gasteiger partial charge on any atom is 0.231 e. The summed E-state index contributed by atoms with van der Waals surface area (Å²) in [6.07, 6.45) is 6.03. The first-order chi connectivity index (χ1) is 12.7. The molecule has 1 N–H and O–H groups in total. The predicted octanol–water partition coefficient (Wildman–Crippen LogP) is 3.25. The molecule has 1 saturated carbocycles. The molecule has 5 rings (SSSR count). The van der Waals surface area contributed by atoms with Crippen LogP contribution in [0.25, 0.3) is 11.3 Å². The highest BCUT2D eigenvalue weighted by molar-refractivity contribution is 7.14. The standard InChI is InChI=1S/C20H21N3O2S/c24-18-9-15(10-23(18)16-6-7-16)19(25)22-20-21-17(11-26-20)14-5-4-12-2-1-3-13(12)8-14/h4-5,8,11,15-16H,1-3,6-7,9-10H2,(H,21,22,25). The SMILES string of the molecule is O=C(Nc1nc(-c2ccc3c(c2)CCC3)cs1)C1CC(=O)N(C2CC2)C1. The highest BCUT2D eigenvalue weighted by atomic mass is 32.1. The monoisotopic (exact) mass is 367 g/mol. The van der Waals surface area contributed by atoms with Crippen molar-refractivity contribution in [2.45, 2.75) is 44.6 Å². The van der Waals surface area contributed by atoms with E-state index in [1.54, 1.807) is 0 Å². The van der Waals surface area contributed by atoms with Crippen LogP contribution in [0, 0.1) is 5.92 Å². The molecule has 2 fully saturated rings. The predicted molar refractivity (Wildman–Crippen MR) is 101 cm³/mol. The van der Waals surface area contributed by atoms with Crippen molar-refractivity contribution >= 4 is 28.3 Å². The molecule has 2 aliphatic carbocycles. The quantitative estimate of drug-likeness (QED) is 0.902. The minimum atomic E-state index is -0.254. The number of benzene rings is 1. The number of aryl methyl sites for hydroxylation is 2. The molecule has 1 aromatic carbocycles. The zero-order valence-electron chi connectivity index (χ0n) is 14.5. The lowest BCUT2D eigenvalue weighted by Crippen LogP contribution is -2.29. The van der Waals surface area contributed by atoms with E-state index < -0.39 is 0 Å². The molecule has 0 radical (unpaired) electrons. The number of hydrogen-bond donors (Lipinski definition) is 1. The first-order valence-electron chi connectivity index (χ1n) is 9.35. The largest absolute Gasteiger partial charge is 0.339 e. The van der Waals surface area contributed by atoms with Crippen molar-refractivity contribution < 1.29 is 9.59 Å². The normalized spacial score (nSPS) is 21.9. The summed E-state index contributed by atoms with van der Waals surface area (Å²) in [6.45, 7) is 0.554. The Bertz CT molecular complexity index is 887. The van der Waals surface area contributed by atoms with Gasteiger partial charge in [-0.15, -0.1) is 11.3 Å². The van der Waals surface area contributed by atoms with E-state index in [4.69, 9.17) is 0 Å². The number of nitrogens with one attached hydrogen (secondary N) is 1. The van der Waals surface area contributed by atoms with Gasteiger partial charge in [0.15, 0.2) is 5.13 Å². The lowest BCUT2D eigenvalue weighted by atomic mass is 10.1. The number of fused-ring (bicyclic) bond motifs is 1. The fourth-order valence-electron chi connectivity index (χ4n) is 4.05. The Labute approximate surface area is 156 Å². The van der Waals surface area contributed by atoms with Crippen LogP contribution in [-0.4, -0.2) is 34.3 Å². The van der Waals surface area contributed by atoms with E-state index in [0.717, 1.165) is 30.5 Å². The average Bonchev–Trinajstić information content (AvgIpc) is 3.05. The molecule has 0 spiro atoms. The van der Waals surface area contributed by atoms with Crippen LogP contribution in [0.2, 0.25) is 0 Å². The molecule has 0 bridgehead atoms. The molecule has 3 aliphatic rings. The van der Waals surface area contributed by atoms with Crippen LogP contribution in [0.3, 0.4) is 0 Å². The Morgan fingerprint density at radius 2 is 2.08 bits per heavy atom. The molecular formula is C20H21N3O2S. The molecule has 134 valence electrons. The van der Waals surface area contributed by atoms with E-state index in [1.807, 2.05) is 10.3 Å². The summed E-state index contributed by atoms with van der Waals surface area (Å²) >= 11 is 1.44. The van der Waals surface area contributed by atoms with Crippen LogP contribution < -0.4 is 5.32 Å². The summed E-state index contributed by atoms with van der Waals surface area (Å²) in [6, 6.07) is 6.93. The van der Waals surface area contributed by atoms with Crippen molar-refractivity contribution in [3.8, 4) is 11.3 Å². The lowest BCUT2D eigenvalue weighted by Gasteiger charge is -2.14. The minimum Gasteiger partial charge on any atom is -0.339 e. The molecule has 26 heavy (non-hydrogen) atoms. The maximum atomic E-state index is 12.5. The summed E-state index contributed by atoms with van der Waals surface area (Å²) in [5.74, 6) is -0.225. The molecule has 1 unspecified atom stereocenters. The second-order valence-electron chi connectivity index (χ2n) is 7.54. The Morgan fingerprint density at radius 1 is 1.23 bits per heavy atom. The summed E-state index contributed by atoms with van der Waals surface area (Å²) < 4.78 is 0. The van der Waals surface area contributed by atoms with Gasteiger partial charge in [0.1, 0.15) is 0 Å². The third kappa shape index (κ3) is 2.92. The van der Waals surface area contributed by atoms with Gasteiger partial charge >= 0.3 is 0 Å². The molecule has 2 aromatic rings. The van der Waals surface area contributed by atoms with Crippen LogP contribution in [0.1, 0.15) is 36.8 Å². The van der Waals surface area contributed by atoms with Gasteiger partial charge in [0.25, 0.3) is 0 Å². The summed E-state index contributed by atoms with van der Waals surface area (Å²) in [5.41, 5.74) is 4.88.